The van der Waals surface area contributed by atoms with Crippen LogP contribution in [0.25, 0.3) is 0 Å². The highest BCUT2D eigenvalue weighted by atomic mass is 16.5. The number of nitrogens with zero attached hydrogens (tertiary/aromatic N) is 2. The summed E-state index contributed by atoms with van der Waals surface area (Å²) in [7, 11) is 1.89. The van der Waals surface area contributed by atoms with Crippen LogP contribution in [0.5, 0.6) is 5.75 Å². The van der Waals surface area contributed by atoms with Gasteiger partial charge in [-0.2, -0.15) is 10.2 Å². The van der Waals surface area contributed by atoms with Crippen molar-refractivity contribution in [3.05, 3.63) is 95.6 Å². The molecule has 0 heterocycles. The number of nitrogens with one attached hydrogen (secondary N) is 1. The Balaban J connectivity index is 1.51. The molecule has 0 aliphatic heterocycles. The Morgan fingerprint density at radius 3 is 1.92 bits per heavy atom. The molecule has 1 N–H and O–H groups in total. The standard InChI is InChI=1S/C22H21N3O/c1-23-21-11-7-18(8-12-21)15-24-25-16-19-9-13-22(14-10-19)26-17-20-5-3-2-4-6-20/h2-16,23H,17H2,1H3/b24-15+,25-16+. The summed E-state index contributed by atoms with van der Waals surface area (Å²) in [6, 6.07) is 25.9. The first kappa shape index (κ1) is 17.4. The van der Waals surface area contributed by atoms with Gasteiger partial charge in [-0.25, -0.2) is 0 Å². The van der Waals surface area contributed by atoms with Crippen molar-refractivity contribution in [2.24, 2.45) is 10.2 Å². The van der Waals surface area contributed by atoms with Crippen LogP contribution in [0.3, 0.4) is 0 Å². The van der Waals surface area contributed by atoms with Gasteiger partial charge in [-0.15, -0.1) is 0 Å². The van der Waals surface area contributed by atoms with Gasteiger partial charge in [-0.05, 0) is 53.1 Å². The highest BCUT2D eigenvalue weighted by Crippen LogP contribution is 2.13. The van der Waals surface area contributed by atoms with Crippen LogP contribution in [0.15, 0.2) is 89.1 Å². The maximum absolute atomic E-state index is 5.77. The molecule has 130 valence electrons. The Hall–Kier alpha value is -3.40. The van der Waals surface area contributed by atoms with E-state index in [1.54, 1.807) is 12.4 Å². The Kier molecular flexibility index (Phi) is 6.15. The van der Waals surface area contributed by atoms with E-state index in [-0.39, 0.29) is 0 Å². The van der Waals surface area contributed by atoms with Gasteiger partial charge in [0.2, 0.25) is 0 Å². The molecule has 0 spiro atoms. The number of rotatable bonds is 7. The quantitative estimate of drug-likeness (QED) is 0.496. The Morgan fingerprint density at radius 1 is 0.769 bits per heavy atom. The zero-order chi connectivity index (χ0) is 18.0. The largest absolute Gasteiger partial charge is 0.489 e. The Morgan fingerprint density at radius 2 is 1.35 bits per heavy atom. The van der Waals surface area contributed by atoms with E-state index in [1.807, 2.05) is 85.9 Å². The zero-order valence-electron chi connectivity index (χ0n) is 14.7. The van der Waals surface area contributed by atoms with Crippen molar-refractivity contribution < 1.29 is 4.74 Å². The molecule has 0 bridgehead atoms. The third-order valence-corrected chi connectivity index (χ3v) is 3.81. The van der Waals surface area contributed by atoms with Gasteiger partial charge in [0.15, 0.2) is 0 Å². The van der Waals surface area contributed by atoms with Gasteiger partial charge in [-0.1, -0.05) is 42.5 Å². The van der Waals surface area contributed by atoms with Gasteiger partial charge in [0.05, 0.1) is 12.4 Å². The maximum Gasteiger partial charge on any atom is 0.119 e. The molecule has 3 aromatic carbocycles. The highest BCUT2D eigenvalue weighted by Gasteiger charge is 1.96. The normalized spacial score (nSPS) is 11.1. The van der Waals surface area contributed by atoms with Crippen LogP contribution in [0, 0.1) is 0 Å². The molecule has 4 heteroatoms. The zero-order valence-corrected chi connectivity index (χ0v) is 14.7. The molecule has 0 saturated heterocycles. The summed E-state index contributed by atoms with van der Waals surface area (Å²) >= 11 is 0. The number of benzene rings is 3. The van der Waals surface area contributed by atoms with E-state index >= 15 is 0 Å². The predicted molar refractivity (Wildman–Crippen MR) is 108 cm³/mol. The molecule has 4 nitrogen and oxygen atoms in total. The number of ether oxygens (including phenoxy) is 1. The van der Waals surface area contributed by atoms with E-state index in [9.17, 15) is 0 Å². The molecule has 0 saturated carbocycles. The lowest BCUT2D eigenvalue weighted by Gasteiger charge is -2.06. The second-order valence-electron chi connectivity index (χ2n) is 5.70. The molecule has 0 amide bonds. The SMILES string of the molecule is CNc1ccc(/C=N/N=C/c2ccc(OCc3ccccc3)cc2)cc1. The van der Waals surface area contributed by atoms with Gasteiger partial charge in [0.1, 0.15) is 12.4 Å². The third-order valence-electron chi connectivity index (χ3n) is 3.81. The summed E-state index contributed by atoms with van der Waals surface area (Å²) < 4.78 is 5.77. The van der Waals surface area contributed by atoms with Gasteiger partial charge < -0.3 is 10.1 Å². The van der Waals surface area contributed by atoms with Crippen LogP contribution in [-0.2, 0) is 6.61 Å². The summed E-state index contributed by atoms with van der Waals surface area (Å²) in [6.45, 7) is 0.560. The van der Waals surface area contributed by atoms with Crippen LogP contribution in [0.1, 0.15) is 16.7 Å². The number of anilines is 1. The molecular formula is C22H21N3O. The fourth-order valence-corrected chi connectivity index (χ4v) is 2.33. The number of hydrogen-bond donors (Lipinski definition) is 1. The molecule has 3 aromatic rings. The first-order valence-corrected chi connectivity index (χ1v) is 8.44. The average Bonchev–Trinajstić information content (AvgIpc) is 2.72. The molecule has 3 rings (SSSR count). The molecule has 0 aliphatic rings. The van der Waals surface area contributed by atoms with E-state index in [0.717, 1.165) is 28.1 Å². The topological polar surface area (TPSA) is 46.0 Å². The third kappa shape index (κ3) is 5.31. The highest BCUT2D eigenvalue weighted by molar-refractivity contribution is 5.83. The molecule has 0 fully saturated rings. The van der Waals surface area contributed by atoms with Gasteiger partial charge >= 0.3 is 0 Å². The lowest BCUT2D eigenvalue weighted by atomic mass is 10.2. The summed E-state index contributed by atoms with van der Waals surface area (Å²) in [5, 5.41) is 11.3. The van der Waals surface area contributed by atoms with Gasteiger partial charge in [-0.3, -0.25) is 0 Å². The molecule has 0 radical (unpaired) electrons. The van der Waals surface area contributed by atoms with Crippen molar-refractivity contribution in [3.63, 3.8) is 0 Å². The molecule has 0 atom stereocenters. The molecule has 0 aromatic heterocycles. The monoisotopic (exact) mass is 343 g/mol. The van der Waals surface area contributed by atoms with Crippen LogP contribution < -0.4 is 10.1 Å². The molecular weight excluding hydrogens is 322 g/mol. The van der Waals surface area contributed by atoms with E-state index in [4.69, 9.17) is 4.74 Å². The summed E-state index contributed by atoms with van der Waals surface area (Å²) in [4.78, 5) is 0. The van der Waals surface area contributed by atoms with E-state index < -0.39 is 0 Å². The molecule has 0 aliphatic carbocycles. The summed E-state index contributed by atoms with van der Waals surface area (Å²) in [6.07, 6.45) is 3.45. The van der Waals surface area contributed by atoms with Crippen molar-refractivity contribution >= 4 is 18.1 Å². The maximum atomic E-state index is 5.77. The van der Waals surface area contributed by atoms with Crippen LogP contribution in [0.2, 0.25) is 0 Å². The van der Waals surface area contributed by atoms with Crippen molar-refractivity contribution in [1.82, 2.24) is 0 Å². The van der Waals surface area contributed by atoms with Crippen LogP contribution in [0.4, 0.5) is 5.69 Å². The lowest BCUT2D eigenvalue weighted by molar-refractivity contribution is 0.306. The molecule has 26 heavy (non-hydrogen) atoms. The minimum Gasteiger partial charge on any atom is -0.489 e. The minimum atomic E-state index is 0.560. The minimum absolute atomic E-state index is 0.560. The van der Waals surface area contributed by atoms with E-state index in [0.29, 0.717) is 6.61 Å². The Labute approximate surface area is 153 Å². The Bertz CT molecular complexity index is 854. The molecule has 0 unspecified atom stereocenters. The summed E-state index contributed by atoms with van der Waals surface area (Å²) in [5.41, 5.74) is 4.20. The van der Waals surface area contributed by atoms with Gasteiger partial charge in [0.25, 0.3) is 0 Å². The second kappa shape index (κ2) is 9.18. The van der Waals surface area contributed by atoms with E-state index in [1.165, 1.54) is 0 Å². The van der Waals surface area contributed by atoms with Crippen molar-refractivity contribution in [2.75, 3.05) is 12.4 Å². The van der Waals surface area contributed by atoms with Crippen molar-refractivity contribution in [2.45, 2.75) is 6.61 Å². The average molecular weight is 343 g/mol. The first-order chi connectivity index (χ1) is 12.8. The lowest BCUT2D eigenvalue weighted by Crippen LogP contribution is -1.94. The smallest absolute Gasteiger partial charge is 0.119 e. The first-order valence-electron chi connectivity index (χ1n) is 8.44. The van der Waals surface area contributed by atoms with Crippen molar-refractivity contribution in [3.8, 4) is 5.75 Å². The van der Waals surface area contributed by atoms with Crippen LogP contribution >= 0.6 is 0 Å². The predicted octanol–water partition coefficient (Wildman–Crippen LogP) is 4.76. The van der Waals surface area contributed by atoms with Gasteiger partial charge in [0, 0.05) is 12.7 Å². The summed E-state index contributed by atoms with van der Waals surface area (Å²) in [5.74, 6) is 0.833. The second-order valence-corrected chi connectivity index (χ2v) is 5.70. The fourth-order valence-electron chi connectivity index (χ4n) is 2.33. The number of hydrogen-bond acceptors (Lipinski definition) is 4. The van der Waals surface area contributed by atoms with Crippen molar-refractivity contribution in [1.29, 1.82) is 0 Å². The fraction of sp³-hybridized carbons (Fsp3) is 0.0909. The van der Waals surface area contributed by atoms with E-state index in [2.05, 4.69) is 15.5 Å². The van der Waals surface area contributed by atoms with Crippen LogP contribution in [-0.4, -0.2) is 19.5 Å².